The Labute approximate surface area is 60.7 Å². The van der Waals surface area contributed by atoms with Crippen LogP contribution in [0.1, 0.15) is 6.92 Å². The van der Waals surface area contributed by atoms with E-state index < -0.39 is 22.2 Å². The van der Waals surface area contributed by atoms with Crippen LogP contribution in [-0.4, -0.2) is 19.8 Å². The summed E-state index contributed by atoms with van der Waals surface area (Å²) >= 11 is 2.79. The van der Waals surface area contributed by atoms with E-state index >= 15 is 0 Å². The van der Waals surface area contributed by atoms with E-state index in [9.17, 15) is 13.6 Å². The maximum Gasteiger partial charge on any atom is 0.225 e. The van der Waals surface area contributed by atoms with Crippen LogP contribution >= 0.6 is 11.6 Å². The maximum atomic E-state index is 10.2. The molecule has 0 rings (SSSR count). The van der Waals surface area contributed by atoms with Crippen molar-refractivity contribution >= 4 is 27.9 Å². The number of halogens is 1. The predicted molar refractivity (Wildman–Crippen MR) is 33.8 cm³/mol. The molecular formula is C4H6ClO3S-. The first kappa shape index (κ1) is 9.07. The average molecular weight is 170 g/mol. The molecule has 0 bridgehead atoms. The first-order valence-electron chi connectivity index (χ1n) is 2.29. The van der Waals surface area contributed by atoms with Gasteiger partial charge in [-0.05, 0) is 11.6 Å². The van der Waals surface area contributed by atoms with Crippen molar-refractivity contribution < 1.29 is 13.6 Å². The lowest BCUT2D eigenvalue weighted by molar-refractivity contribution is -0.114. The van der Waals surface area contributed by atoms with Crippen molar-refractivity contribution in [3.63, 3.8) is 0 Å². The topological polar surface area (TPSA) is 57.2 Å². The van der Waals surface area contributed by atoms with Crippen molar-refractivity contribution in [3.8, 4) is 0 Å². The fourth-order valence-electron chi connectivity index (χ4n) is 0.270. The zero-order chi connectivity index (χ0) is 7.44. The molecule has 0 aliphatic heterocycles. The van der Waals surface area contributed by atoms with Gasteiger partial charge in [0, 0.05) is 11.7 Å². The van der Waals surface area contributed by atoms with E-state index in [4.69, 9.17) is 11.6 Å². The maximum absolute atomic E-state index is 10.2. The second-order valence-corrected chi connectivity index (χ2v) is 2.99. The van der Waals surface area contributed by atoms with Crippen LogP contribution in [0.15, 0.2) is 0 Å². The summed E-state index contributed by atoms with van der Waals surface area (Å²) in [4.78, 5) is 10.2. The molecule has 0 spiro atoms. The summed E-state index contributed by atoms with van der Waals surface area (Å²) in [6.07, 6.45) is 0. The van der Waals surface area contributed by atoms with Crippen LogP contribution < -0.4 is 0 Å². The van der Waals surface area contributed by atoms with Gasteiger partial charge in [0.2, 0.25) is 5.24 Å². The highest BCUT2D eigenvalue weighted by atomic mass is 35.5. The Bertz CT molecular complexity index is 136. The zero-order valence-electron chi connectivity index (χ0n) is 4.80. The van der Waals surface area contributed by atoms with Gasteiger partial charge in [-0.2, -0.15) is 0 Å². The summed E-state index contributed by atoms with van der Waals surface area (Å²) in [6.45, 7) is 1.46. The molecule has 0 fully saturated rings. The van der Waals surface area contributed by atoms with Gasteiger partial charge in [-0.1, -0.05) is 18.0 Å². The summed E-state index contributed by atoms with van der Waals surface area (Å²) < 4.78 is 19.8. The summed E-state index contributed by atoms with van der Waals surface area (Å²) in [5.41, 5.74) is 0. The molecule has 2 unspecified atom stereocenters. The molecule has 5 heteroatoms. The minimum Gasteiger partial charge on any atom is -0.772 e. The molecule has 3 nitrogen and oxygen atoms in total. The molecule has 0 N–H and O–H groups in total. The standard InChI is InChI=1S/C4H7ClO3S/c1-3(4(5)6)2-9(7)8/h3H,2H2,1H3,(H,7,8)/p-1. The van der Waals surface area contributed by atoms with Gasteiger partial charge in [0.25, 0.3) is 0 Å². The summed E-state index contributed by atoms with van der Waals surface area (Å²) in [5, 5.41) is -0.612. The lowest BCUT2D eigenvalue weighted by Crippen LogP contribution is -2.12. The molecule has 0 radical (unpaired) electrons. The van der Waals surface area contributed by atoms with E-state index in [2.05, 4.69) is 0 Å². The third-order valence-corrected chi connectivity index (χ3v) is 1.92. The lowest BCUT2D eigenvalue weighted by Gasteiger charge is -2.07. The van der Waals surface area contributed by atoms with Crippen LogP contribution in [0.3, 0.4) is 0 Å². The number of hydrogen-bond acceptors (Lipinski definition) is 3. The van der Waals surface area contributed by atoms with Crippen molar-refractivity contribution in [2.24, 2.45) is 5.92 Å². The Morgan fingerprint density at radius 1 is 1.89 bits per heavy atom. The van der Waals surface area contributed by atoms with Crippen molar-refractivity contribution in [2.45, 2.75) is 6.92 Å². The quantitative estimate of drug-likeness (QED) is 0.450. The molecule has 0 amide bonds. The second-order valence-electron chi connectivity index (χ2n) is 1.68. The Kier molecular flexibility index (Phi) is 4.01. The molecule has 0 aliphatic rings. The van der Waals surface area contributed by atoms with Crippen LogP contribution in [0, 0.1) is 5.92 Å². The van der Waals surface area contributed by atoms with Crippen LogP contribution in [0.2, 0.25) is 0 Å². The predicted octanol–water partition coefficient (Wildman–Crippen LogP) is 0.267. The van der Waals surface area contributed by atoms with Gasteiger partial charge in [-0.25, -0.2) is 0 Å². The highest BCUT2D eigenvalue weighted by Crippen LogP contribution is 2.00. The Morgan fingerprint density at radius 3 is 2.44 bits per heavy atom. The molecule has 0 saturated heterocycles. The first-order chi connectivity index (χ1) is 4.04. The van der Waals surface area contributed by atoms with Gasteiger partial charge in [0.05, 0.1) is 0 Å². The van der Waals surface area contributed by atoms with Gasteiger partial charge < -0.3 is 4.55 Å². The van der Waals surface area contributed by atoms with Gasteiger partial charge in [-0.3, -0.25) is 9.00 Å². The molecule has 0 aromatic heterocycles. The summed E-state index contributed by atoms with van der Waals surface area (Å²) in [5.74, 6) is -0.785. The summed E-state index contributed by atoms with van der Waals surface area (Å²) in [7, 11) is 0. The highest BCUT2D eigenvalue weighted by Gasteiger charge is 2.08. The van der Waals surface area contributed by atoms with Crippen LogP contribution in [0.5, 0.6) is 0 Å². The van der Waals surface area contributed by atoms with E-state index in [0.717, 1.165) is 0 Å². The highest BCUT2D eigenvalue weighted by molar-refractivity contribution is 7.79. The van der Waals surface area contributed by atoms with Crippen molar-refractivity contribution in [3.05, 3.63) is 0 Å². The van der Waals surface area contributed by atoms with Crippen molar-refractivity contribution in [1.29, 1.82) is 0 Å². The van der Waals surface area contributed by atoms with E-state index in [-0.39, 0.29) is 5.75 Å². The molecule has 0 saturated carbocycles. The fourth-order valence-corrected chi connectivity index (χ4v) is 0.998. The molecule has 0 heterocycles. The third kappa shape index (κ3) is 4.57. The Balaban J connectivity index is 3.63. The Hall–Kier alpha value is 0.0700. The third-order valence-electron chi connectivity index (χ3n) is 0.774. The number of carbonyl (C=O) groups excluding carboxylic acids is 1. The Morgan fingerprint density at radius 2 is 2.33 bits per heavy atom. The van der Waals surface area contributed by atoms with Crippen molar-refractivity contribution in [2.75, 3.05) is 5.75 Å². The monoisotopic (exact) mass is 169 g/mol. The molecule has 0 aromatic carbocycles. The van der Waals surface area contributed by atoms with Crippen LogP contribution in [-0.2, 0) is 15.9 Å². The smallest absolute Gasteiger partial charge is 0.225 e. The zero-order valence-corrected chi connectivity index (χ0v) is 6.37. The molecule has 0 aromatic rings. The fraction of sp³-hybridized carbons (Fsp3) is 0.750. The first-order valence-corrected chi connectivity index (χ1v) is 3.91. The van der Waals surface area contributed by atoms with E-state index in [1.165, 1.54) is 6.92 Å². The number of carbonyl (C=O) groups is 1. The minimum atomic E-state index is -2.17. The van der Waals surface area contributed by atoms with Crippen molar-refractivity contribution in [1.82, 2.24) is 0 Å². The van der Waals surface area contributed by atoms with Crippen LogP contribution in [0.4, 0.5) is 0 Å². The number of rotatable bonds is 3. The van der Waals surface area contributed by atoms with Gasteiger partial charge in [-0.15, -0.1) is 0 Å². The molecule has 9 heavy (non-hydrogen) atoms. The largest absolute Gasteiger partial charge is 0.772 e. The van der Waals surface area contributed by atoms with Gasteiger partial charge in [0.1, 0.15) is 0 Å². The van der Waals surface area contributed by atoms with E-state index in [1.807, 2.05) is 0 Å². The van der Waals surface area contributed by atoms with E-state index in [1.54, 1.807) is 0 Å². The SMILES string of the molecule is CC(CS(=O)[O-])C(=O)Cl. The molecule has 54 valence electrons. The summed E-state index contributed by atoms with van der Waals surface area (Å²) in [6, 6.07) is 0. The molecular weight excluding hydrogens is 164 g/mol. The van der Waals surface area contributed by atoms with Crippen LogP contribution in [0.25, 0.3) is 0 Å². The van der Waals surface area contributed by atoms with Gasteiger partial charge >= 0.3 is 0 Å². The second kappa shape index (κ2) is 3.98. The lowest BCUT2D eigenvalue weighted by atomic mass is 10.3. The molecule has 0 aliphatic carbocycles. The average Bonchev–Trinajstić information content (AvgIpc) is 1.63. The van der Waals surface area contributed by atoms with Gasteiger partial charge in [0.15, 0.2) is 0 Å². The van der Waals surface area contributed by atoms with E-state index in [0.29, 0.717) is 0 Å². The minimum absolute atomic E-state index is 0.192. The normalized spacial score (nSPS) is 16.8. The number of hydrogen-bond donors (Lipinski definition) is 0. The molecule has 2 atom stereocenters.